The van der Waals surface area contributed by atoms with Crippen LogP contribution in [0.5, 0.6) is 5.75 Å². The molecular formula is C13H17N3O. The zero-order chi connectivity index (χ0) is 12.4. The Balaban J connectivity index is 2.62. The number of aryl methyl sites for hydroxylation is 2. The van der Waals surface area contributed by atoms with Crippen molar-refractivity contribution < 1.29 is 4.74 Å². The summed E-state index contributed by atoms with van der Waals surface area (Å²) >= 11 is 0. The van der Waals surface area contributed by atoms with Crippen LogP contribution in [-0.2, 0) is 6.54 Å². The molecule has 0 radical (unpaired) electrons. The van der Waals surface area contributed by atoms with E-state index in [0.29, 0.717) is 6.54 Å². The van der Waals surface area contributed by atoms with Crippen LogP contribution in [0, 0.1) is 13.8 Å². The summed E-state index contributed by atoms with van der Waals surface area (Å²) in [5, 5.41) is 7.02. The molecule has 4 nitrogen and oxygen atoms in total. The number of hydrogen-bond acceptors (Lipinski definition) is 3. The second-order valence-electron chi connectivity index (χ2n) is 4.11. The molecule has 2 aromatic rings. The number of benzene rings is 1. The van der Waals surface area contributed by atoms with Crippen molar-refractivity contribution in [2.24, 2.45) is 5.73 Å². The van der Waals surface area contributed by atoms with E-state index in [4.69, 9.17) is 10.5 Å². The van der Waals surface area contributed by atoms with Crippen LogP contribution in [0.1, 0.15) is 16.7 Å². The van der Waals surface area contributed by atoms with Gasteiger partial charge in [0.1, 0.15) is 5.75 Å². The van der Waals surface area contributed by atoms with Crippen LogP contribution in [0.15, 0.2) is 18.3 Å². The molecule has 2 rings (SSSR count). The molecular weight excluding hydrogens is 214 g/mol. The van der Waals surface area contributed by atoms with Gasteiger partial charge in [0.15, 0.2) is 0 Å². The van der Waals surface area contributed by atoms with Gasteiger partial charge in [0, 0.05) is 17.7 Å². The van der Waals surface area contributed by atoms with Crippen LogP contribution >= 0.6 is 0 Å². The van der Waals surface area contributed by atoms with Gasteiger partial charge >= 0.3 is 0 Å². The monoisotopic (exact) mass is 231 g/mol. The smallest absolute Gasteiger partial charge is 0.128 e. The Morgan fingerprint density at radius 1 is 1.29 bits per heavy atom. The third-order valence-electron chi connectivity index (χ3n) is 3.02. The van der Waals surface area contributed by atoms with E-state index in [-0.39, 0.29) is 0 Å². The molecule has 0 fully saturated rings. The van der Waals surface area contributed by atoms with Crippen molar-refractivity contribution >= 4 is 0 Å². The Morgan fingerprint density at radius 2 is 2.00 bits per heavy atom. The van der Waals surface area contributed by atoms with Gasteiger partial charge in [0.05, 0.1) is 19.0 Å². The number of nitrogens with two attached hydrogens (primary N) is 1. The summed E-state index contributed by atoms with van der Waals surface area (Å²) in [6.45, 7) is 4.61. The highest BCUT2D eigenvalue weighted by atomic mass is 16.5. The Kier molecular flexibility index (Phi) is 3.15. The lowest BCUT2D eigenvalue weighted by molar-refractivity contribution is 0.416. The average Bonchev–Trinajstić information content (AvgIpc) is 2.80. The standard InChI is InChI=1S/C13H17N3O/c1-8-4-11(12(17-3)5-9(8)2)13-10(6-14)7-15-16-13/h4-5,7H,6,14H2,1-3H3,(H,15,16). The lowest BCUT2D eigenvalue weighted by Gasteiger charge is -2.11. The number of nitrogens with one attached hydrogen (secondary N) is 1. The number of rotatable bonds is 3. The minimum absolute atomic E-state index is 0.460. The zero-order valence-corrected chi connectivity index (χ0v) is 10.4. The van der Waals surface area contributed by atoms with E-state index in [0.717, 1.165) is 22.6 Å². The van der Waals surface area contributed by atoms with Crippen LogP contribution < -0.4 is 10.5 Å². The molecule has 1 heterocycles. The van der Waals surface area contributed by atoms with Crippen molar-refractivity contribution in [2.45, 2.75) is 20.4 Å². The third kappa shape index (κ3) is 2.03. The van der Waals surface area contributed by atoms with E-state index < -0.39 is 0 Å². The first-order valence-electron chi connectivity index (χ1n) is 5.55. The predicted octanol–water partition coefficient (Wildman–Crippen LogP) is 2.16. The molecule has 0 saturated carbocycles. The number of aromatic amines is 1. The maximum absolute atomic E-state index is 5.69. The van der Waals surface area contributed by atoms with Crippen LogP contribution in [0.4, 0.5) is 0 Å². The minimum Gasteiger partial charge on any atom is -0.496 e. The molecule has 90 valence electrons. The first-order valence-corrected chi connectivity index (χ1v) is 5.55. The molecule has 0 bridgehead atoms. The second-order valence-corrected chi connectivity index (χ2v) is 4.11. The van der Waals surface area contributed by atoms with Crippen molar-refractivity contribution in [1.29, 1.82) is 0 Å². The lowest BCUT2D eigenvalue weighted by atomic mass is 10.0. The Morgan fingerprint density at radius 3 is 2.65 bits per heavy atom. The summed E-state index contributed by atoms with van der Waals surface area (Å²) in [6, 6.07) is 4.13. The summed E-state index contributed by atoms with van der Waals surface area (Å²) in [5.41, 5.74) is 11.1. The summed E-state index contributed by atoms with van der Waals surface area (Å²) in [7, 11) is 1.67. The fraction of sp³-hybridized carbons (Fsp3) is 0.308. The van der Waals surface area contributed by atoms with Gasteiger partial charge in [0.25, 0.3) is 0 Å². The lowest BCUT2D eigenvalue weighted by Crippen LogP contribution is -1.98. The van der Waals surface area contributed by atoms with Gasteiger partial charge < -0.3 is 10.5 Å². The number of hydrogen-bond donors (Lipinski definition) is 2. The molecule has 4 heteroatoms. The van der Waals surface area contributed by atoms with E-state index >= 15 is 0 Å². The fourth-order valence-corrected chi connectivity index (χ4v) is 1.85. The fourth-order valence-electron chi connectivity index (χ4n) is 1.85. The van der Waals surface area contributed by atoms with Gasteiger partial charge in [-0.3, -0.25) is 5.10 Å². The first kappa shape index (κ1) is 11.7. The molecule has 17 heavy (non-hydrogen) atoms. The highest BCUT2D eigenvalue weighted by Crippen LogP contribution is 2.33. The normalized spacial score (nSPS) is 10.6. The van der Waals surface area contributed by atoms with Crippen LogP contribution in [0.25, 0.3) is 11.3 Å². The first-order chi connectivity index (χ1) is 8.17. The molecule has 1 aromatic carbocycles. The van der Waals surface area contributed by atoms with E-state index in [9.17, 15) is 0 Å². The van der Waals surface area contributed by atoms with Crippen LogP contribution in [0.3, 0.4) is 0 Å². The molecule has 0 aliphatic heterocycles. The number of H-pyrrole nitrogens is 1. The van der Waals surface area contributed by atoms with Crippen LogP contribution in [-0.4, -0.2) is 17.3 Å². The molecule has 0 aliphatic carbocycles. The van der Waals surface area contributed by atoms with Gasteiger partial charge in [-0.15, -0.1) is 0 Å². The maximum Gasteiger partial charge on any atom is 0.128 e. The molecule has 0 atom stereocenters. The number of ether oxygens (including phenoxy) is 1. The maximum atomic E-state index is 5.69. The van der Waals surface area contributed by atoms with Crippen molar-refractivity contribution in [2.75, 3.05) is 7.11 Å². The molecule has 0 aliphatic rings. The Labute approximate surface area is 101 Å². The summed E-state index contributed by atoms with van der Waals surface area (Å²) in [6.07, 6.45) is 1.75. The number of aromatic nitrogens is 2. The largest absolute Gasteiger partial charge is 0.496 e. The van der Waals surface area contributed by atoms with Crippen molar-refractivity contribution in [3.05, 3.63) is 35.0 Å². The van der Waals surface area contributed by atoms with Gasteiger partial charge in [-0.2, -0.15) is 5.10 Å². The van der Waals surface area contributed by atoms with Gasteiger partial charge in [-0.25, -0.2) is 0 Å². The quantitative estimate of drug-likeness (QED) is 0.850. The van der Waals surface area contributed by atoms with Gasteiger partial charge in [-0.1, -0.05) is 0 Å². The summed E-state index contributed by atoms with van der Waals surface area (Å²) in [4.78, 5) is 0. The average molecular weight is 231 g/mol. The topological polar surface area (TPSA) is 63.9 Å². The third-order valence-corrected chi connectivity index (χ3v) is 3.02. The van der Waals surface area contributed by atoms with Crippen LogP contribution in [0.2, 0.25) is 0 Å². The molecule has 0 amide bonds. The Hall–Kier alpha value is -1.81. The second kappa shape index (κ2) is 4.59. The van der Waals surface area contributed by atoms with E-state index in [2.05, 4.69) is 30.1 Å². The van der Waals surface area contributed by atoms with Crippen molar-refractivity contribution in [3.8, 4) is 17.0 Å². The van der Waals surface area contributed by atoms with E-state index in [1.807, 2.05) is 6.07 Å². The van der Waals surface area contributed by atoms with Gasteiger partial charge in [0.2, 0.25) is 0 Å². The number of nitrogens with zero attached hydrogens (tertiary/aromatic N) is 1. The SMILES string of the molecule is COc1cc(C)c(C)cc1-c1[nH]ncc1CN. The molecule has 3 N–H and O–H groups in total. The Bertz CT molecular complexity index is 531. The predicted molar refractivity (Wildman–Crippen MR) is 67.9 cm³/mol. The van der Waals surface area contributed by atoms with E-state index in [1.54, 1.807) is 13.3 Å². The highest BCUT2D eigenvalue weighted by Gasteiger charge is 2.13. The van der Waals surface area contributed by atoms with E-state index in [1.165, 1.54) is 11.1 Å². The number of methoxy groups -OCH3 is 1. The molecule has 0 spiro atoms. The molecule has 0 unspecified atom stereocenters. The van der Waals surface area contributed by atoms with Crippen molar-refractivity contribution in [3.63, 3.8) is 0 Å². The van der Waals surface area contributed by atoms with Crippen molar-refractivity contribution in [1.82, 2.24) is 10.2 Å². The summed E-state index contributed by atoms with van der Waals surface area (Å²) < 4.78 is 5.42. The molecule has 1 aromatic heterocycles. The minimum atomic E-state index is 0.460. The zero-order valence-electron chi connectivity index (χ0n) is 10.4. The highest BCUT2D eigenvalue weighted by molar-refractivity contribution is 5.71. The van der Waals surface area contributed by atoms with Gasteiger partial charge in [-0.05, 0) is 37.1 Å². The summed E-state index contributed by atoms with van der Waals surface area (Å²) in [5.74, 6) is 0.840. The molecule has 0 saturated heterocycles.